The first kappa shape index (κ1) is 12.6. The Labute approximate surface area is 92.8 Å². The molecule has 0 aliphatic rings. The van der Waals surface area contributed by atoms with Crippen molar-refractivity contribution in [3.63, 3.8) is 0 Å². The molecule has 13 heavy (non-hydrogen) atoms. The molecule has 2 rings (SSSR count). The Kier molecular flexibility index (Phi) is 8.03. The van der Waals surface area contributed by atoms with Crippen molar-refractivity contribution in [3.05, 3.63) is 60.2 Å². The van der Waals surface area contributed by atoms with Crippen LogP contribution in [0.5, 0.6) is 0 Å². The Morgan fingerprint density at radius 3 is 1.54 bits per heavy atom. The Balaban J connectivity index is 0.000000215. The zero-order valence-corrected chi connectivity index (χ0v) is 9.59. The first-order valence-electron chi connectivity index (χ1n) is 4.01. The second kappa shape index (κ2) is 8.26. The van der Waals surface area contributed by atoms with Gasteiger partial charge in [0.15, 0.2) is 0 Å². The van der Waals surface area contributed by atoms with E-state index >= 15 is 0 Å². The van der Waals surface area contributed by atoms with Gasteiger partial charge >= 0.3 is 0 Å². The fraction of sp³-hybridized carbons (Fsp3) is 0.0909. The van der Waals surface area contributed by atoms with Gasteiger partial charge in [0.1, 0.15) is 0 Å². The molecule has 0 bridgehead atoms. The van der Waals surface area contributed by atoms with E-state index in [4.69, 9.17) is 0 Å². The van der Waals surface area contributed by atoms with Crippen LogP contribution in [0.3, 0.4) is 0 Å². The summed E-state index contributed by atoms with van der Waals surface area (Å²) in [4.78, 5) is 0. The fourth-order valence-electron chi connectivity index (χ4n) is 0.871. The molecule has 0 aliphatic carbocycles. The summed E-state index contributed by atoms with van der Waals surface area (Å²) in [5.41, 5.74) is 1.39. The van der Waals surface area contributed by atoms with Gasteiger partial charge in [0, 0.05) is 17.1 Å². The van der Waals surface area contributed by atoms with Crippen LogP contribution in [0.4, 0.5) is 0 Å². The minimum atomic E-state index is 0. The standard InChI is InChI=1S/C6H8P.C5H5.Fe/c7-5-6-3-1-2-4-6;1-2-4-5-3-1;/h1-4H,5,7H2;1-5H;/q-1;-5;. The molecule has 2 heteroatoms. The molecule has 1 atom stereocenters. The molecule has 0 nitrogen and oxygen atoms in total. The van der Waals surface area contributed by atoms with Gasteiger partial charge in [-0.1, -0.05) is 6.16 Å². The first-order valence-corrected chi connectivity index (χ1v) is 4.82. The van der Waals surface area contributed by atoms with Crippen molar-refractivity contribution >= 4 is 9.24 Å². The SMILES string of the molecule is PC[c-]1cccc1.[Fe].[cH-]1[cH-][cH-][cH-][cH-]1. The van der Waals surface area contributed by atoms with Gasteiger partial charge in [0.05, 0.1) is 0 Å². The van der Waals surface area contributed by atoms with Crippen molar-refractivity contribution in [2.75, 3.05) is 0 Å². The molecule has 0 saturated heterocycles. The van der Waals surface area contributed by atoms with Crippen molar-refractivity contribution in [1.82, 2.24) is 0 Å². The molecule has 2 aromatic rings. The van der Waals surface area contributed by atoms with E-state index in [0.29, 0.717) is 0 Å². The zero-order chi connectivity index (χ0) is 8.65. The normalized spacial score (nSPS) is 8.08. The summed E-state index contributed by atoms with van der Waals surface area (Å²) >= 11 is 0. The Morgan fingerprint density at radius 1 is 0.923 bits per heavy atom. The first-order chi connectivity index (χ1) is 5.93. The molecule has 0 N–H and O–H groups in total. The van der Waals surface area contributed by atoms with Gasteiger partial charge in [-0.05, 0) is 0 Å². The summed E-state index contributed by atoms with van der Waals surface area (Å²) in [6.07, 6.45) is 1.08. The van der Waals surface area contributed by atoms with E-state index in [9.17, 15) is 0 Å². The van der Waals surface area contributed by atoms with Gasteiger partial charge in [-0.3, -0.25) is 0 Å². The zero-order valence-electron chi connectivity index (χ0n) is 7.33. The minimum Gasteiger partial charge on any atom is -0.748 e. The van der Waals surface area contributed by atoms with E-state index < -0.39 is 0 Å². The van der Waals surface area contributed by atoms with Gasteiger partial charge in [-0.25, -0.2) is 12.1 Å². The van der Waals surface area contributed by atoms with Crippen molar-refractivity contribution in [2.45, 2.75) is 6.16 Å². The van der Waals surface area contributed by atoms with Crippen LogP contribution in [0, 0.1) is 0 Å². The third kappa shape index (κ3) is 5.82. The van der Waals surface area contributed by atoms with Gasteiger partial charge in [-0.2, -0.15) is 17.7 Å². The maximum absolute atomic E-state index is 2.68. The average Bonchev–Trinajstić information content (AvgIpc) is 2.81. The van der Waals surface area contributed by atoms with Crippen LogP contribution in [-0.4, -0.2) is 0 Å². The van der Waals surface area contributed by atoms with Gasteiger partial charge in [0.25, 0.3) is 0 Å². The van der Waals surface area contributed by atoms with Gasteiger partial charge in [0.2, 0.25) is 0 Å². The monoisotopic (exact) mass is 232 g/mol. The van der Waals surface area contributed by atoms with Gasteiger partial charge < -0.3 is 30.3 Å². The number of rotatable bonds is 1. The van der Waals surface area contributed by atoms with Crippen LogP contribution in [0.1, 0.15) is 5.56 Å². The number of hydrogen-bond donors (Lipinski definition) is 0. The quantitative estimate of drug-likeness (QED) is 0.402. The summed E-state index contributed by atoms with van der Waals surface area (Å²) < 4.78 is 0. The van der Waals surface area contributed by atoms with Gasteiger partial charge in [-0.15, -0.1) is 9.24 Å². The molecule has 1 unspecified atom stereocenters. The number of hydrogen-bond acceptors (Lipinski definition) is 0. The predicted molar refractivity (Wildman–Crippen MR) is 57.5 cm³/mol. The van der Waals surface area contributed by atoms with E-state index in [1.54, 1.807) is 0 Å². The molecule has 76 valence electrons. The van der Waals surface area contributed by atoms with Crippen molar-refractivity contribution in [1.29, 1.82) is 0 Å². The summed E-state index contributed by atoms with van der Waals surface area (Å²) in [7, 11) is 2.68. The smallest absolute Gasteiger partial charge is 0 e. The molecule has 0 heterocycles. The van der Waals surface area contributed by atoms with E-state index in [1.165, 1.54) is 5.56 Å². The van der Waals surface area contributed by atoms with Crippen LogP contribution >= 0.6 is 9.24 Å². The maximum Gasteiger partial charge on any atom is 0 e. The molecule has 0 amide bonds. The second-order valence-electron chi connectivity index (χ2n) is 2.46. The maximum atomic E-state index is 2.68. The second-order valence-corrected chi connectivity index (χ2v) is 2.87. The van der Waals surface area contributed by atoms with Crippen LogP contribution in [0.2, 0.25) is 0 Å². The van der Waals surface area contributed by atoms with Crippen molar-refractivity contribution in [3.8, 4) is 0 Å². The summed E-state index contributed by atoms with van der Waals surface area (Å²) in [5.74, 6) is 0. The summed E-state index contributed by atoms with van der Waals surface area (Å²) in [6, 6.07) is 18.3. The molecule has 0 aliphatic heterocycles. The minimum absolute atomic E-state index is 0. The summed E-state index contributed by atoms with van der Waals surface area (Å²) in [5, 5.41) is 0. The third-order valence-corrected chi connectivity index (χ3v) is 1.99. The Hall–Kier alpha value is -0.351. The van der Waals surface area contributed by atoms with Crippen LogP contribution < -0.4 is 0 Å². The van der Waals surface area contributed by atoms with Crippen LogP contribution in [0.15, 0.2) is 54.6 Å². The van der Waals surface area contributed by atoms with Crippen molar-refractivity contribution in [2.24, 2.45) is 0 Å². The Morgan fingerprint density at radius 2 is 1.31 bits per heavy atom. The molecule has 0 fully saturated rings. The van der Waals surface area contributed by atoms with E-state index in [1.807, 2.05) is 30.3 Å². The molecule has 0 radical (unpaired) electrons. The van der Waals surface area contributed by atoms with Crippen LogP contribution in [0.25, 0.3) is 0 Å². The largest absolute Gasteiger partial charge is 0.748 e. The van der Waals surface area contributed by atoms with Crippen molar-refractivity contribution < 1.29 is 17.1 Å². The van der Waals surface area contributed by atoms with E-state index in [0.717, 1.165) is 6.16 Å². The fourth-order valence-corrected chi connectivity index (χ4v) is 1.14. The molecule has 0 saturated carbocycles. The molecular formula is C11H13FeP-6. The van der Waals surface area contributed by atoms with E-state index in [-0.39, 0.29) is 17.1 Å². The molecular weight excluding hydrogens is 219 g/mol. The third-order valence-electron chi connectivity index (χ3n) is 1.52. The Bertz CT molecular complexity index is 241. The van der Waals surface area contributed by atoms with Crippen LogP contribution in [-0.2, 0) is 23.2 Å². The summed E-state index contributed by atoms with van der Waals surface area (Å²) in [6.45, 7) is 0. The van der Waals surface area contributed by atoms with E-state index in [2.05, 4.69) is 33.5 Å². The molecule has 0 spiro atoms. The topological polar surface area (TPSA) is 0 Å². The molecule has 0 aromatic heterocycles. The average molecular weight is 232 g/mol. The predicted octanol–water partition coefficient (Wildman–Crippen LogP) is 3.18. The molecule has 2 aromatic carbocycles.